The Morgan fingerprint density at radius 1 is 0.795 bits per heavy atom. The van der Waals surface area contributed by atoms with Crippen molar-refractivity contribution in [1.82, 2.24) is 30.2 Å². The van der Waals surface area contributed by atoms with Crippen LogP contribution >= 0.6 is 0 Å². The molecule has 0 spiro atoms. The normalized spacial score (nSPS) is 15.8. The Balaban J connectivity index is 1.25. The van der Waals surface area contributed by atoms with E-state index in [1.54, 1.807) is 0 Å². The molecule has 2 atom stereocenters. The van der Waals surface area contributed by atoms with E-state index in [-0.39, 0.29) is 29.8 Å². The number of aromatic amines is 2. The molecule has 3 N–H and O–H groups in total. The number of hydrogen-bond donors (Lipinski definition) is 3. The molecule has 8 nitrogen and oxygen atoms in total. The lowest BCUT2D eigenvalue weighted by atomic mass is 10.0. The number of nitrogens with one attached hydrogen (secondary N) is 3. The molecule has 5 rings (SSSR count). The highest BCUT2D eigenvalue weighted by Gasteiger charge is 2.32. The van der Waals surface area contributed by atoms with Crippen molar-refractivity contribution in [3.05, 3.63) is 72.6 Å². The number of nitrogens with zero attached hydrogens (tertiary/aromatic N) is 3. The minimum atomic E-state index is -0.164. The lowest BCUT2D eigenvalue weighted by Gasteiger charge is -2.24. The van der Waals surface area contributed by atoms with Gasteiger partial charge in [-0.2, -0.15) is 0 Å². The van der Waals surface area contributed by atoms with Crippen molar-refractivity contribution in [3.8, 4) is 33.6 Å². The molecule has 0 radical (unpaired) electrons. The molecule has 8 heteroatoms. The van der Waals surface area contributed by atoms with Gasteiger partial charge in [-0.05, 0) is 52.8 Å². The van der Waals surface area contributed by atoms with Crippen LogP contribution in [0.1, 0.15) is 91.0 Å². The maximum Gasteiger partial charge on any atom is 0.223 e. The van der Waals surface area contributed by atoms with Crippen molar-refractivity contribution in [2.24, 2.45) is 17.8 Å². The molecule has 2 aromatic carbocycles. The molecule has 1 fully saturated rings. The summed E-state index contributed by atoms with van der Waals surface area (Å²) in [5.74, 6) is 2.78. The zero-order valence-corrected chi connectivity index (χ0v) is 26.9. The van der Waals surface area contributed by atoms with Crippen molar-refractivity contribution in [1.29, 1.82) is 0 Å². The average Bonchev–Trinajstić information content (AvgIpc) is 3.76. The number of likely N-dealkylation sites (tertiary alicyclic amines) is 1. The van der Waals surface area contributed by atoms with Crippen molar-refractivity contribution in [3.63, 3.8) is 0 Å². The van der Waals surface area contributed by atoms with Gasteiger partial charge in [-0.15, -0.1) is 0 Å². The molecule has 0 bridgehead atoms. The van der Waals surface area contributed by atoms with Gasteiger partial charge in [0, 0.05) is 19.4 Å². The van der Waals surface area contributed by atoms with Gasteiger partial charge < -0.3 is 20.2 Å². The van der Waals surface area contributed by atoms with Crippen LogP contribution in [0.25, 0.3) is 33.6 Å². The predicted octanol–water partition coefficient (Wildman–Crippen LogP) is 7.70. The molecule has 44 heavy (non-hydrogen) atoms. The third kappa shape index (κ3) is 7.29. The summed E-state index contributed by atoms with van der Waals surface area (Å²) >= 11 is 0. The van der Waals surface area contributed by atoms with E-state index < -0.39 is 0 Å². The third-order valence-corrected chi connectivity index (χ3v) is 8.26. The summed E-state index contributed by atoms with van der Waals surface area (Å²) < 4.78 is 0. The summed E-state index contributed by atoms with van der Waals surface area (Å²) in [5, 5.41) is 3.15. The Morgan fingerprint density at radius 3 is 1.91 bits per heavy atom. The second-order valence-electron chi connectivity index (χ2n) is 13.2. The summed E-state index contributed by atoms with van der Waals surface area (Å²) in [6, 6.07) is 16.8. The van der Waals surface area contributed by atoms with Gasteiger partial charge in [0.15, 0.2) is 0 Å². The first-order valence-electron chi connectivity index (χ1n) is 16.0. The van der Waals surface area contributed by atoms with Crippen molar-refractivity contribution in [2.45, 2.75) is 79.3 Å². The van der Waals surface area contributed by atoms with Crippen molar-refractivity contribution in [2.75, 3.05) is 6.54 Å². The lowest BCUT2D eigenvalue weighted by Crippen LogP contribution is -2.33. The summed E-state index contributed by atoms with van der Waals surface area (Å²) in [6.45, 7) is 13.2. The van der Waals surface area contributed by atoms with Crippen LogP contribution in [0.2, 0.25) is 0 Å². The number of aromatic nitrogens is 4. The number of rotatable bonds is 11. The van der Waals surface area contributed by atoms with E-state index in [0.29, 0.717) is 24.7 Å². The molecule has 1 saturated heterocycles. The number of amides is 2. The maximum atomic E-state index is 12.8. The fraction of sp³-hybridized carbons (Fsp3) is 0.444. The fourth-order valence-electron chi connectivity index (χ4n) is 5.95. The molecular formula is C36H46N6O2. The van der Waals surface area contributed by atoms with Crippen molar-refractivity contribution < 1.29 is 9.59 Å². The summed E-state index contributed by atoms with van der Waals surface area (Å²) in [5.41, 5.74) is 6.23. The van der Waals surface area contributed by atoms with Crippen LogP contribution in [0.4, 0.5) is 0 Å². The zero-order chi connectivity index (χ0) is 31.4. The Hall–Kier alpha value is -4.20. The van der Waals surface area contributed by atoms with E-state index in [1.807, 2.05) is 31.1 Å². The number of imidazole rings is 2. The van der Waals surface area contributed by atoms with Crippen molar-refractivity contribution >= 4 is 11.8 Å². The standard InChI is InChI=1S/C36H46N6O2/c1-22(2)18-32(43)41-34(24(5)6)36-38-21-30(40-36)28-15-11-26(12-16-28)25-9-13-27(14-10-25)29-20-37-35(39-29)31-8-7-17-42(31)33(44)19-23(3)4/h9-16,20-24,31,34H,7-8,17-19H2,1-6H3,(H,37,39)(H,38,40)(H,41,43)/t31-,34-/m0/s1. The van der Waals surface area contributed by atoms with Crippen LogP contribution < -0.4 is 5.32 Å². The van der Waals surface area contributed by atoms with Crippen LogP contribution in [0.15, 0.2) is 60.9 Å². The van der Waals surface area contributed by atoms with E-state index in [0.717, 1.165) is 64.7 Å². The Morgan fingerprint density at radius 2 is 1.34 bits per heavy atom. The second kappa shape index (κ2) is 13.6. The monoisotopic (exact) mass is 594 g/mol. The molecule has 1 aliphatic rings. The molecule has 2 amide bonds. The van der Waals surface area contributed by atoms with E-state index in [9.17, 15) is 9.59 Å². The van der Waals surface area contributed by atoms with Gasteiger partial charge >= 0.3 is 0 Å². The molecule has 232 valence electrons. The fourth-order valence-corrected chi connectivity index (χ4v) is 5.95. The average molecular weight is 595 g/mol. The molecule has 0 unspecified atom stereocenters. The number of benzene rings is 2. The number of carbonyl (C=O) groups is 2. The SMILES string of the molecule is CC(C)CC(=O)N[C@H](c1ncc(-c2ccc(-c3ccc(-c4cnc([C@@H]5CCCN5C(=O)CC(C)C)[nH]4)cc3)cc2)[nH]1)C(C)C. The van der Waals surface area contributed by atoms with Gasteiger partial charge in [0.1, 0.15) is 11.6 Å². The third-order valence-electron chi connectivity index (χ3n) is 8.26. The molecule has 0 saturated carbocycles. The van der Waals surface area contributed by atoms with E-state index in [4.69, 9.17) is 0 Å². The van der Waals surface area contributed by atoms with Crippen LogP contribution in [-0.4, -0.2) is 43.2 Å². The van der Waals surface area contributed by atoms with Gasteiger partial charge in [-0.3, -0.25) is 9.59 Å². The summed E-state index contributed by atoms with van der Waals surface area (Å²) in [7, 11) is 0. The highest BCUT2D eigenvalue weighted by Crippen LogP contribution is 2.33. The molecule has 1 aliphatic heterocycles. The Labute approximate surface area is 261 Å². The van der Waals surface area contributed by atoms with Gasteiger partial charge in [-0.25, -0.2) is 9.97 Å². The minimum Gasteiger partial charge on any atom is -0.346 e. The lowest BCUT2D eigenvalue weighted by molar-refractivity contribution is -0.133. The van der Waals surface area contributed by atoms with Crippen LogP contribution in [0.3, 0.4) is 0 Å². The largest absolute Gasteiger partial charge is 0.346 e. The molecule has 3 heterocycles. The van der Waals surface area contributed by atoms with E-state index in [2.05, 4.69) is 101 Å². The van der Waals surface area contributed by atoms with Gasteiger partial charge in [0.25, 0.3) is 0 Å². The summed E-state index contributed by atoms with van der Waals surface area (Å²) in [6.07, 6.45) is 6.75. The maximum absolute atomic E-state index is 12.8. The predicted molar refractivity (Wildman–Crippen MR) is 175 cm³/mol. The van der Waals surface area contributed by atoms with Crippen LogP contribution in [0.5, 0.6) is 0 Å². The molecule has 4 aromatic rings. The summed E-state index contributed by atoms with van der Waals surface area (Å²) in [4.78, 5) is 43.4. The first-order chi connectivity index (χ1) is 21.1. The topological polar surface area (TPSA) is 107 Å². The van der Waals surface area contributed by atoms with Crippen LogP contribution in [0, 0.1) is 17.8 Å². The highest BCUT2D eigenvalue weighted by molar-refractivity contribution is 5.77. The van der Waals surface area contributed by atoms with Gasteiger partial charge in [0.2, 0.25) is 11.8 Å². The van der Waals surface area contributed by atoms with Gasteiger partial charge in [0.05, 0.1) is 35.9 Å². The number of H-pyrrole nitrogens is 2. The minimum absolute atomic E-state index is 0.0265. The smallest absolute Gasteiger partial charge is 0.223 e. The van der Waals surface area contributed by atoms with E-state index in [1.165, 1.54) is 0 Å². The van der Waals surface area contributed by atoms with Gasteiger partial charge in [-0.1, -0.05) is 90.1 Å². The Kier molecular flexibility index (Phi) is 9.67. The highest BCUT2D eigenvalue weighted by atomic mass is 16.2. The van der Waals surface area contributed by atoms with E-state index >= 15 is 0 Å². The molecule has 0 aliphatic carbocycles. The first-order valence-corrected chi connectivity index (χ1v) is 16.0. The quantitative estimate of drug-likeness (QED) is 0.165. The molecule has 2 aromatic heterocycles. The number of hydrogen-bond acceptors (Lipinski definition) is 4. The van der Waals surface area contributed by atoms with Crippen LogP contribution in [-0.2, 0) is 9.59 Å². The second-order valence-corrected chi connectivity index (χ2v) is 13.2. The zero-order valence-electron chi connectivity index (χ0n) is 26.9. The molecular weight excluding hydrogens is 548 g/mol. The first kappa shape index (κ1) is 31.2. The Bertz CT molecular complexity index is 1470. The number of carbonyl (C=O) groups excluding carboxylic acids is 2.